The molecule has 23 heavy (non-hydrogen) atoms. The van der Waals surface area contributed by atoms with Gasteiger partial charge < -0.3 is 19.7 Å². The van der Waals surface area contributed by atoms with Crippen LogP contribution < -0.4 is 5.32 Å². The van der Waals surface area contributed by atoms with E-state index in [0.717, 1.165) is 11.1 Å². The second kappa shape index (κ2) is 7.00. The molecular weight excluding hydrogens is 296 g/mol. The van der Waals surface area contributed by atoms with E-state index in [4.69, 9.17) is 9.47 Å². The molecule has 0 saturated carbocycles. The number of hydrogen-bond donors (Lipinski definition) is 1. The highest BCUT2D eigenvalue weighted by atomic mass is 16.6. The van der Waals surface area contributed by atoms with Crippen LogP contribution >= 0.6 is 0 Å². The van der Waals surface area contributed by atoms with Crippen LogP contribution in [0.2, 0.25) is 0 Å². The molecule has 6 heteroatoms. The Kier molecular flexibility index (Phi) is 5.26. The summed E-state index contributed by atoms with van der Waals surface area (Å²) in [7, 11) is 1.53. The fourth-order valence-corrected chi connectivity index (χ4v) is 2.42. The summed E-state index contributed by atoms with van der Waals surface area (Å²) in [6, 6.07) is 5.54. The molecule has 0 spiro atoms. The lowest BCUT2D eigenvalue weighted by Gasteiger charge is -2.31. The van der Waals surface area contributed by atoms with E-state index >= 15 is 0 Å². The predicted octanol–water partition coefficient (Wildman–Crippen LogP) is 2.31. The molecule has 1 heterocycles. The summed E-state index contributed by atoms with van der Waals surface area (Å²) < 4.78 is 10.2. The van der Waals surface area contributed by atoms with Crippen LogP contribution in [-0.4, -0.2) is 42.9 Å². The molecule has 2 amide bonds. The molecule has 0 fully saturated rings. The van der Waals surface area contributed by atoms with Gasteiger partial charge in [-0.25, -0.2) is 4.79 Å². The number of hydrogen-bond acceptors (Lipinski definition) is 4. The molecule has 1 aliphatic rings. The molecule has 2 rings (SSSR count). The van der Waals surface area contributed by atoms with Crippen molar-refractivity contribution in [1.29, 1.82) is 0 Å². The van der Waals surface area contributed by atoms with Gasteiger partial charge in [-0.05, 0) is 50.5 Å². The minimum atomic E-state index is -0.499. The summed E-state index contributed by atoms with van der Waals surface area (Å²) in [5, 5.41) is 2.66. The van der Waals surface area contributed by atoms with E-state index in [1.54, 1.807) is 11.0 Å². The number of benzene rings is 1. The molecule has 0 unspecified atom stereocenters. The molecule has 1 aromatic rings. The Morgan fingerprint density at radius 1 is 1.26 bits per heavy atom. The predicted molar refractivity (Wildman–Crippen MR) is 86.1 cm³/mol. The quantitative estimate of drug-likeness (QED) is 0.868. The molecular formula is C17H24N2O4. The number of nitrogens with one attached hydrogen (secondary N) is 1. The third-order valence-corrected chi connectivity index (χ3v) is 3.51. The van der Waals surface area contributed by atoms with Crippen molar-refractivity contribution in [2.24, 2.45) is 0 Å². The smallest absolute Gasteiger partial charge is 0.410 e. The highest BCUT2D eigenvalue weighted by molar-refractivity contribution is 5.94. The minimum Gasteiger partial charge on any atom is -0.444 e. The zero-order chi connectivity index (χ0) is 17.0. The normalized spacial score (nSPS) is 14.2. The first kappa shape index (κ1) is 17.3. The number of amides is 2. The van der Waals surface area contributed by atoms with Crippen LogP contribution in [0.3, 0.4) is 0 Å². The first-order valence-corrected chi connectivity index (χ1v) is 7.67. The fourth-order valence-electron chi connectivity index (χ4n) is 2.42. The molecule has 0 aliphatic carbocycles. The highest BCUT2D eigenvalue weighted by Gasteiger charge is 2.26. The maximum absolute atomic E-state index is 12.1. The van der Waals surface area contributed by atoms with Crippen molar-refractivity contribution in [3.63, 3.8) is 0 Å². The Morgan fingerprint density at radius 3 is 2.65 bits per heavy atom. The van der Waals surface area contributed by atoms with Gasteiger partial charge in [-0.3, -0.25) is 4.79 Å². The van der Waals surface area contributed by atoms with Crippen LogP contribution in [0, 0.1) is 0 Å². The molecule has 1 aliphatic heterocycles. The van der Waals surface area contributed by atoms with Gasteiger partial charge in [-0.15, -0.1) is 0 Å². The molecule has 1 aromatic carbocycles. The summed E-state index contributed by atoms with van der Waals surface area (Å²) in [4.78, 5) is 25.8. The van der Waals surface area contributed by atoms with E-state index in [1.165, 1.54) is 7.11 Å². The number of methoxy groups -OCH3 is 1. The molecule has 0 aromatic heterocycles. The van der Waals surface area contributed by atoms with Crippen LogP contribution in [0.1, 0.15) is 42.3 Å². The van der Waals surface area contributed by atoms with Gasteiger partial charge in [-0.1, -0.05) is 6.07 Å². The lowest BCUT2D eigenvalue weighted by atomic mass is 9.97. The lowest BCUT2D eigenvalue weighted by molar-refractivity contribution is 0.0223. The van der Waals surface area contributed by atoms with E-state index in [2.05, 4.69) is 5.32 Å². The molecule has 0 saturated heterocycles. The number of nitrogens with zero attached hydrogens (tertiary/aromatic N) is 1. The second-order valence-corrected chi connectivity index (χ2v) is 6.57. The number of fused-ring (bicyclic) bond motifs is 1. The van der Waals surface area contributed by atoms with Crippen LogP contribution in [0.4, 0.5) is 4.79 Å². The van der Waals surface area contributed by atoms with Crippen molar-refractivity contribution in [3.8, 4) is 0 Å². The highest BCUT2D eigenvalue weighted by Crippen LogP contribution is 2.22. The number of rotatable bonds is 3. The Morgan fingerprint density at radius 2 is 2.00 bits per heavy atom. The average Bonchev–Trinajstić information content (AvgIpc) is 2.49. The van der Waals surface area contributed by atoms with Crippen LogP contribution in [-0.2, 0) is 22.4 Å². The Bertz CT molecular complexity index is 593. The maximum Gasteiger partial charge on any atom is 0.410 e. The average molecular weight is 320 g/mol. The molecule has 1 N–H and O–H groups in total. The van der Waals surface area contributed by atoms with Gasteiger partial charge >= 0.3 is 6.09 Å². The summed E-state index contributed by atoms with van der Waals surface area (Å²) >= 11 is 0. The van der Waals surface area contributed by atoms with Crippen molar-refractivity contribution >= 4 is 12.0 Å². The summed E-state index contributed by atoms with van der Waals surface area (Å²) in [5.41, 5.74) is 2.24. The number of carbonyl (C=O) groups is 2. The number of carbonyl (C=O) groups excluding carboxylic acids is 2. The van der Waals surface area contributed by atoms with E-state index in [0.29, 0.717) is 25.1 Å². The molecule has 0 radical (unpaired) electrons. The SMILES string of the molecule is COCNC(=O)c1ccc2c(c1)CCN(C(=O)OC(C)(C)C)C2. The van der Waals surface area contributed by atoms with E-state index < -0.39 is 5.60 Å². The topological polar surface area (TPSA) is 67.9 Å². The molecule has 126 valence electrons. The van der Waals surface area contributed by atoms with Crippen molar-refractivity contribution in [2.45, 2.75) is 39.3 Å². The van der Waals surface area contributed by atoms with E-state index in [1.807, 2.05) is 32.9 Å². The summed E-state index contributed by atoms with van der Waals surface area (Å²) in [5.74, 6) is -0.163. The zero-order valence-electron chi connectivity index (χ0n) is 14.1. The Balaban J connectivity index is 2.05. The van der Waals surface area contributed by atoms with Gasteiger partial charge in [0.1, 0.15) is 12.3 Å². The van der Waals surface area contributed by atoms with Crippen LogP contribution in [0.25, 0.3) is 0 Å². The third kappa shape index (κ3) is 4.69. The lowest BCUT2D eigenvalue weighted by Crippen LogP contribution is -2.40. The number of ether oxygens (including phenoxy) is 2. The standard InChI is InChI=1S/C17H24N2O4/c1-17(2,3)23-16(21)19-8-7-12-9-13(5-6-14(12)10-19)15(20)18-11-22-4/h5-6,9H,7-8,10-11H2,1-4H3,(H,18,20). The van der Waals surface area contributed by atoms with E-state index in [-0.39, 0.29) is 18.7 Å². The van der Waals surface area contributed by atoms with Crippen molar-refractivity contribution in [3.05, 3.63) is 34.9 Å². The second-order valence-electron chi connectivity index (χ2n) is 6.57. The molecule has 0 atom stereocenters. The van der Waals surface area contributed by atoms with Gasteiger partial charge in [-0.2, -0.15) is 0 Å². The van der Waals surface area contributed by atoms with Crippen molar-refractivity contribution < 1.29 is 19.1 Å². The summed E-state index contributed by atoms with van der Waals surface area (Å²) in [6.45, 7) is 6.84. The molecule has 6 nitrogen and oxygen atoms in total. The minimum absolute atomic E-state index is 0.163. The first-order chi connectivity index (χ1) is 10.8. The maximum atomic E-state index is 12.1. The Labute approximate surface area is 136 Å². The van der Waals surface area contributed by atoms with E-state index in [9.17, 15) is 9.59 Å². The van der Waals surface area contributed by atoms with Crippen LogP contribution in [0.5, 0.6) is 0 Å². The van der Waals surface area contributed by atoms with Crippen molar-refractivity contribution in [2.75, 3.05) is 20.4 Å². The van der Waals surface area contributed by atoms with Gasteiger partial charge in [0.25, 0.3) is 5.91 Å². The first-order valence-electron chi connectivity index (χ1n) is 7.67. The van der Waals surface area contributed by atoms with Crippen LogP contribution in [0.15, 0.2) is 18.2 Å². The fraction of sp³-hybridized carbons (Fsp3) is 0.529. The largest absolute Gasteiger partial charge is 0.444 e. The van der Waals surface area contributed by atoms with Gasteiger partial charge in [0.15, 0.2) is 0 Å². The zero-order valence-corrected chi connectivity index (χ0v) is 14.1. The Hall–Kier alpha value is -2.08. The third-order valence-electron chi connectivity index (χ3n) is 3.51. The van der Waals surface area contributed by atoms with Gasteiger partial charge in [0, 0.05) is 25.8 Å². The van der Waals surface area contributed by atoms with Gasteiger partial charge in [0.05, 0.1) is 0 Å². The monoisotopic (exact) mass is 320 g/mol. The van der Waals surface area contributed by atoms with Gasteiger partial charge in [0.2, 0.25) is 0 Å². The summed E-state index contributed by atoms with van der Waals surface area (Å²) in [6.07, 6.45) is 0.407. The van der Waals surface area contributed by atoms with Crippen molar-refractivity contribution in [1.82, 2.24) is 10.2 Å². The molecule has 0 bridgehead atoms.